The van der Waals surface area contributed by atoms with E-state index in [-0.39, 0.29) is 39.1 Å². The summed E-state index contributed by atoms with van der Waals surface area (Å²) in [5.41, 5.74) is 0.743. The van der Waals surface area contributed by atoms with E-state index in [1.807, 2.05) is 13.8 Å². The number of hydrogen-bond acceptors (Lipinski definition) is 5. The Labute approximate surface area is 239 Å². The monoisotopic (exact) mass is 591 g/mol. The first-order valence-corrected chi connectivity index (χ1v) is 14.4. The van der Waals surface area contributed by atoms with E-state index in [2.05, 4.69) is 5.32 Å². The fourth-order valence-corrected chi connectivity index (χ4v) is 5.75. The number of nitrogens with zero attached hydrogens (tertiary/aromatic N) is 2. The second-order valence-electron chi connectivity index (χ2n) is 9.13. The molecule has 1 atom stereocenters. The lowest BCUT2D eigenvalue weighted by molar-refractivity contribution is -0.139. The highest BCUT2D eigenvalue weighted by molar-refractivity contribution is 7.92. The van der Waals surface area contributed by atoms with Crippen LogP contribution in [0.4, 0.5) is 5.69 Å². The van der Waals surface area contributed by atoms with E-state index in [4.69, 9.17) is 27.9 Å². The van der Waals surface area contributed by atoms with Crippen LogP contribution in [0.5, 0.6) is 5.75 Å². The number of nitrogens with one attached hydrogen (secondary N) is 1. The molecule has 3 rings (SSSR count). The Bertz CT molecular complexity index is 1420. The fraction of sp³-hybridized carbons (Fsp3) is 0.286. The van der Waals surface area contributed by atoms with E-state index in [1.165, 1.54) is 42.3 Å². The Kier molecular flexibility index (Phi) is 10.2. The van der Waals surface area contributed by atoms with Crippen LogP contribution >= 0.6 is 23.2 Å². The zero-order chi connectivity index (χ0) is 28.7. The molecule has 39 heavy (non-hydrogen) atoms. The second kappa shape index (κ2) is 13.2. The molecule has 0 fully saturated rings. The first-order valence-electron chi connectivity index (χ1n) is 12.2. The molecule has 0 heterocycles. The molecule has 0 saturated carbocycles. The van der Waals surface area contributed by atoms with Crippen molar-refractivity contribution in [2.75, 3.05) is 18.0 Å². The molecule has 11 heteroatoms. The van der Waals surface area contributed by atoms with Crippen molar-refractivity contribution in [2.24, 2.45) is 0 Å². The van der Waals surface area contributed by atoms with E-state index in [0.717, 1.165) is 4.31 Å². The highest BCUT2D eigenvalue weighted by atomic mass is 35.5. The molecule has 0 saturated heterocycles. The Hall–Kier alpha value is -3.27. The maximum absolute atomic E-state index is 13.9. The van der Waals surface area contributed by atoms with Gasteiger partial charge in [0.05, 0.1) is 22.7 Å². The molecule has 2 amide bonds. The summed E-state index contributed by atoms with van der Waals surface area (Å²) in [4.78, 5) is 28.2. The minimum Gasteiger partial charge on any atom is -0.497 e. The van der Waals surface area contributed by atoms with Crippen molar-refractivity contribution in [3.05, 3.63) is 88.4 Å². The van der Waals surface area contributed by atoms with Gasteiger partial charge in [0.15, 0.2) is 0 Å². The fourth-order valence-electron chi connectivity index (χ4n) is 3.87. The minimum absolute atomic E-state index is 0.0289. The number of rotatable bonds is 11. The summed E-state index contributed by atoms with van der Waals surface area (Å²) < 4.78 is 33.8. The van der Waals surface area contributed by atoms with Crippen LogP contribution in [0.25, 0.3) is 0 Å². The van der Waals surface area contributed by atoms with Crippen LogP contribution in [0.3, 0.4) is 0 Å². The molecule has 0 aromatic heterocycles. The smallest absolute Gasteiger partial charge is 0.264 e. The first kappa shape index (κ1) is 30.3. The van der Waals surface area contributed by atoms with Gasteiger partial charge in [0.2, 0.25) is 11.8 Å². The van der Waals surface area contributed by atoms with Gasteiger partial charge in [-0.25, -0.2) is 8.42 Å². The van der Waals surface area contributed by atoms with Gasteiger partial charge >= 0.3 is 0 Å². The van der Waals surface area contributed by atoms with Crippen LogP contribution in [0.1, 0.15) is 26.3 Å². The van der Waals surface area contributed by atoms with Gasteiger partial charge in [0, 0.05) is 17.6 Å². The van der Waals surface area contributed by atoms with Crippen molar-refractivity contribution in [2.45, 2.75) is 44.3 Å². The summed E-state index contributed by atoms with van der Waals surface area (Å²) in [6.45, 7) is 4.63. The number of ether oxygens (including phenoxy) is 1. The molecule has 8 nitrogen and oxygen atoms in total. The third-order valence-electron chi connectivity index (χ3n) is 5.87. The largest absolute Gasteiger partial charge is 0.497 e. The summed E-state index contributed by atoms with van der Waals surface area (Å²) in [6, 6.07) is 18.1. The molecule has 0 unspecified atom stereocenters. The summed E-state index contributed by atoms with van der Waals surface area (Å²) in [6.07, 6.45) is 0. The minimum atomic E-state index is -4.25. The molecule has 1 N–H and O–H groups in total. The summed E-state index contributed by atoms with van der Waals surface area (Å²) in [5, 5.41) is 3.15. The van der Waals surface area contributed by atoms with Crippen molar-refractivity contribution >= 4 is 50.7 Å². The number of hydrogen-bond donors (Lipinski definition) is 1. The van der Waals surface area contributed by atoms with Crippen molar-refractivity contribution in [1.29, 1.82) is 0 Å². The lowest BCUT2D eigenvalue weighted by Gasteiger charge is -2.32. The van der Waals surface area contributed by atoms with Gasteiger partial charge in [-0.15, -0.1) is 0 Å². The number of carbonyl (C=O) groups is 2. The quantitative estimate of drug-likeness (QED) is 0.333. The van der Waals surface area contributed by atoms with Crippen LogP contribution in [-0.2, 0) is 26.2 Å². The summed E-state index contributed by atoms with van der Waals surface area (Å²) in [7, 11) is -2.72. The Morgan fingerprint density at radius 2 is 1.64 bits per heavy atom. The van der Waals surface area contributed by atoms with E-state index in [1.54, 1.807) is 49.4 Å². The third kappa shape index (κ3) is 7.65. The second-order valence-corrected chi connectivity index (χ2v) is 11.8. The normalized spacial score (nSPS) is 12.1. The first-order chi connectivity index (χ1) is 18.4. The van der Waals surface area contributed by atoms with Gasteiger partial charge in [0.25, 0.3) is 10.0 Å². The van der Waals surface area contributed by atoms with Crippen LogP contribution in [0.15, 0.2) is 77.7 Å². The number of anilines is 1. The van der Waals surface area contributed by atoms with Crippen molar-refractivity contribution in [1.82, 2.24) is 10.2 Å². The van der Waals surface area contributed by atoms with E-state index in [0.29, 0.717) is 11.3 Å². The topological polar surface area (TPSA) is 96.0 Å². The lowest BCUT2D eigenvalue weighted by atomic mass is 10.1. The van der Waals surface area contributed by atoms with Crippen LogP contribution in [0.2, 0.25) is 10.0 Å². The van der Waals surface area contributed by atoms with E-state index >= 15 is 0 Å². The molecule has 0 aliphatic rings. The number of carbonyl (C=O) groups excluding carboxylic acids is 2. The number of sulfonamides is 1. The molecule has 0 bridgehead atoms. The average molecular weight is 593 g/mol. The van der Waals surface area contributed by atoms with Crippen molar-refractivity contribution in [3.63, 3.8) is 0 Å². The zero-order valence-electron chi connectivity index (χ0n) is 22.1. The highest BCUT2D eigenvalue weighted by Crippen LogP contribution is 2.33. The average Bonchev–Trinajstić information content (AvgIpc) is 2.91. The number of amides is 2. The molecular formula is C28H31Cl2N3O5S. The van der Waals surface area contributed by atoms with Gasteiger partial charge in [-0.2, -0.15) is 0 Å². The van der Waals surface area contributed by atoms with Gasteiger partial charge < -0.3 is 15.0 Å². The number of benzene rings is 3. The Morgan fingerprint density at radius 3 is 2.28 bits per heavy atom. The molecule has 3 aromatic rings. The molecule has 208 valence electrons. The Balaban J connectivity index is 2.07. The van der Waals surface area contributed by atoms with Crippen molar-refractivity contribution < 1.29 is 22.7 Å². The van der Waals surface area contributed by atoms with Gasteiger partial charge in [-0.05, 0) is 68.8 Å². The lowest BCUT2D eigenvalue weighted by Crippen LogP contribution is -2.52. The van der Waals surface area contributed by atoms with E-state index in [9.17, 15) is 18.0 Å². The van der Waals surface area contributed by atoms with E-state index < -0.39 is 28.5 Å². The SMILES string of the molecule is COc1cccc(CN(C(=O)CN(c2cc(Cl)ccc2Cl)S(=O)(=O)c2ccccc2)[C@@H](C)C(=O)NC(C)C)c1. The van der Waals surface area contributed by atoms with Crippen molar-refractivity contribution in [3.8, 4) is 5.75 Å². The standard InChI is InChI=1S/C28H31Cl2N3O5S/c1-19(2)31-28(35)20(3)32(17-21-9-8-10-23(15-21)38-4)27(34)18-33(26-16-22(29)13-14-25(26)30)39(36,37)24-11-6-5-7-12-24/h5-16,19-20H,17-18H2,1-4H3,(H,31,35)/t20-/m0/s1. The summed E-state index contributed by atoms with van der Waals surface area (Å²) in [5.74, 6) is -0.405. The predicted octanol–water partition coefficient (Wildman–Crippen LogP) is 5.14. The maximum Gasteiger partial charge on any atom is 0.264 e. The predicted molar refractivity (Wildman–Crippen MR) is 154 cm³/mol. The third-order valence-corrected chi connectivity index (χ3v) is 8.20. The zero-order valence-corrected chi connectivity index (χ0v) is 24.4. The molecule has 0 radical (unpaired) electrons. The maximum atomic E-state index is 13.9. The van der Waals surface area contributed by atoms with Gasteiger partial charge in [0.1, 0.15) is 18.3 Å². The van der Waals surface area contributed by atoms with Gasteiger partial charge in [-0.1, -0.05) is 53.5 Å². The molecule has 3 aromatic carbocycles. The molecule has 0 aliphatic heterocycles. The van der Waals surface area contributed by atoms with Crippen LogP contribution < -0.4 is 14.4 Å². The molecule has 0 aliphatic carbocycles. The summed E-state index contributed by atoms with van der Waals surface area (Å²) >= 11 is 12.6. The van der Waals surface area contributed by atoms with Crippen LogP contribution in [-0.4, -0.2) is 50.9 Å². The number of halogens is 2. The Morgan fingerprint density at radius 1 is 0.949 bits per heavy atom. The highest BCUT2D eigenvalue weighted by Gasteiger charge is 2.33. The number of methoxy groups -OCH3 is 1. The van der Waals surface area contributed by atoms with Crippen LogP contribution in [0, 0.1) is 0 Å². The molecule has 0 spiro atoms. The molecular weight excluding hydrogens is 561 g/mol. The van der Waals surface area contributed by atoms with Gasteiger partial charge in [-0.3, -0.25) is 13.9 Å².